The molecule has 1 saturated heterocycles. The molecule has 3 aliphatic heterocycles. The summed E-state index contributed by atoms with van der Waals surface area (Å²) in [5.74, 6) is -5.90. The Balaban J connectivity index is 0.00000192. The molecule has 2 unspecified atom stereocenters. The van der Waals surface area contributed by atoms with Crippen molar-refractivity contribution in [1.82, 2.24) is 10.4 Å². The number of halogens is 1. The molecule has 1 fully saturated rings. The van der Waals surface area contributed by atoms with E-state index in [1.54, 1.807) is 0 Å². The maximum Gasteiger partial charge on any atom is 0.405 e. The molecule has 10 nitrogen and oxygen atoms in total. The molecule has 0 aromatic rings. The van der Waals surface area contributed by atoms with Crippen LogP contribution in [0.1, 0.15) is 0 Å². The largest absolute Gasteiger partial charge is 0.433 e. The number of piperazine rings is 1. The van der Waals surface area contributed by atoms with Crippen LogP contribution in [0, 0.1) is 0 Å². The van der Waals surface area contributed by atoms with Gasteiger partial charge in [0.25, 0.3) is 6.23 Å². The lowest BCUT2D eigenvalue weighted by Crippen LogP contribution is -2.72. The fourth-order valence-electron chi connectivity index (χ4n) is 2.09. The molecule has 0 amide bonds. The highest BCUT2D eigenvalue weighted by Gasteiger charge is 2.59. The minimum atomic E-state index is -2.24. The maximum atomic E-state index is 11.8. The molecule has 3 rings (SSSR count). The molecular formula is C12H11ClN2O8. The van der Waals surface area contributed by atoms with Gasteiger partial charge >= 0.3 is 29.8 Å². The fraction of sp³-hybridized carbons (Fsp3) is 0.333. The predicted molar refractivity (Wildman–Crippen MR) is 71.1 cm³/mol. The van der Waals surface area contributed by atoms with Crippen LogP contribution in [0.5, 0.6) is 0 Å². The number of nitrogens with zero attached hydrogens (tertiary/aromatic N) is 1. The highest BCUT2D eigenvalue weighted by molar-refractivity contribution is 5.94. The average molecular weight is 347 g/mol. The third kappa shape index (κ3) is 3.18. The zero-order valence-electron chi connectivity index (χ0n) is 11.4. The summed E-state index contributed by atoms with van der Waals surface area (Å²) in [5.41, 5.74) is 0. The molecule has 23 heavy (non-hydrogen) atoms. The highest BCUT2D eigenvalue weighted by atomic mass is 35.5. The predicted octanol–water partition coefficient (Wildman–Crippen LogP) is -1.48. The van der Waals surface area contributed by atoms with Crippen molar-refractivity contribution in [2.45, 2.75) is 12.1 Å². The first kappa shape index (κ1) is 16.9. The smallest absolute Gasteiger partial charge is 0.405 e. The molecule has 0 saturated carbocycles. The number of ether oxygens (including phenoxy) is 3. The van der Waals surface area contributed by atoms with Crippen LogP contribution in [0.25, 0.3) is 0 Å². The minimum absolute atomic E-state index is 0. The van der Waals surface area contributed by atoms with Gasteiger partial charge in [0.15, 0.2) is 0 Å². The number of rotatable bonds is 0. The Morgan fingerprint density at radius 3 is 2.17 bits per heavy atom. The third-order valence-electron chi connectivity index (χ3n) is 2.96. The van der Waals surface area contributed by atoms with Gasteiger partial charge in [-0.15, -0.1) is 12.4 Å². The zero-order valence-corrected chi connectivity index (χ0v) is 12.2. The summed E-state index contributed by atoms with van der Waals surface area (Å²) in [6.07, 6.45) is 1.98. The van der Waals surface area contributed by atoms with Crippen LogP contribution in [0.2, 0.25) is 0 Å². The van der Waals surface area contributed by atoms with E-state index < -0.39 is 36.0 Å². The molecule has 1 spiro atoms. The Kier molecular flexibility index (Phi) is 4.68. The summed E-state index contributed by atoms with van der Waals surface area (Å²) in [7, 11) is 0. The molecular weight excluding hydrogens is 336 g/mol. The molecule has 0 aromatic carbocycles. The summed E-state index contributed by atoms with van der Waals surface area (Å²) in [4.78, 5) is 51.6. The van der Waals surface area contributed by atoms with Crippen LogP contribution in [-0.2, 0) is 38.2 Å². The second-order valence-electron chi connectivity index (χ2n) is 4.42. The molecule has 3 heterocycles. The number of hydroxylamine groups is 2. The first-order valence-electron chi connectivity index (χ1n) is 6.25. The number of hydrogen-bond acceptors (Lipinski definition) is 10. The first-order valence-corrected chi connectivity index (χ1v) is 6.25. The van der Waals surface area contributed by atoms with E-state index in [1.165, 1.54) is 0 Å². The highest BCUT2D eigenvalue weighted by Crippen LogP contribution is 2.30. The normalized spacial score (nSPS) is 33.5. The van der Waals surface area contributed by atoms with Gasteiger partial charge < -0.3 is 19.0 Å². The number of carbonyl (C=O) groups excluding carboxylic acids is 4. The van der Waals surface area contributed by atoms with Crippen LogP contribution in [0.15, 0.2) is 24.3 Å². The monoisotopic (exact) mass is 346 g/mol. The number of nitrogens with one attached hydrogen (secondary N) is 1. The lowest BCUT2D eigenvalue weighted by molar-refractivity contribution is -0.404. The van der Waals surface area contributed by atoms with E-state index in [0.29, 0.717) is 0 Å². The average Bonchev–Trinajstić information content (AvgIpc) is 2.45. The van der Waals surface area contributed by atoms with Crippen LogP contribution >= 0.6 is 12.4 Å². The molecule has 2 atom stereocenters. The molecule has 11 heteroatoms. The molecule has 0 aliphatic carbocycles. The van der Waals surface area contributed by atoms with E-state index in [1.807, 2.05) is 0 Å². The molecule has 0 aromatic heterocycles. The van der Waals surface area contributed by atoms with Crippen molar-refractivity contribution in [2.24, 2.45) is 0 Å². The third-order valence-corrected chi connectivity index (χ3v) is 2.96. The van der Waals surface area contributed by atoms with Crippen molar-refractivity contribution in [1.29, 1.82) is 0 Å². The maximum absolute atomic E-state index is 11.8. The van der Waals surface area contributed by atoms with Gasteiger partial charge in [0.2, 0.25) is 0 Å². The first-order chi connectivity index (χ1) is 10.5. The van der Waals surface area contributed by atoms with Gasteiger partial charge in [0, 0.05) is 30.8 Å². The van der Waals surface area contributed by atoms with Gasteiger partial charge in [-0.2, -0.15) is 0 Å². The molecule has 0 radical (unpaired) electrons. The molecule has 124 valence electrons. The van der Waals surface area contributed by atoms with Crippen LogP contribution in [-0.4, -0.2) is 54.2 Å². The summed E-state index contributed by atoms with van der Waals surface area (Å²) in [6, 6.07) is 0. The van der Waals surface area contributed by atoms with Crippen LogP contribution in [0.3, 0.4) is 0 Å². The van der Waals surface area contributed by atoms with Gasteiger partial charge in [-0.3, -0.25) is 5.32 Å². The number of hydrogen-bond donors (Lipinski definition) is 1. The Morgan fingerprint density at radius 2 is 1.52 bits per heavy atom. The molecule has 0 bridgehead atoms. The summed E-state index contributed by atoms with van der Waals surface area (Å²) < 4.78 is 15.2. The lowest BCUT2D eigenvalue weighted by atomic mass is 10.2. The fourth-order valence-corrected chi connectivity index (χ4v) is 2.09. The quantitative estimate of drug-likeness (QED) is 0.520. The summed E-state index contributed by atoms with van der Waals surface area (Å²) in [5, 5.41) is 3.57. The molecule has 3 aliphatic rings. The summed E-state index contributed by atoms with van der Waals surface area (Å²) >= 11 is 0. The van der Waals surface area contributed by atoms with Crippen molar-refractivity contribution in [2.75, 3.05) is 13.1 Å². The minimum Gasteiger partial charge on any atom is -0.433 e. The van der Waals surface area contributed by atoms with Crippen molar-refractivity contribution >= 4 is 36.3 Å². The standard InChI is InChI=1S/C12H10N2O8.ClH/c15-7-1-2-8(16)20-12-11(19-7)13-5-6-14(12)22-10(18)4-3-9(17)21-12;/h1-4,11,13H,5-6H2;1H/b2-1-,4-3-;. The Morgan fingerprint density at radius 1 is 0.957 bits per heavy atom. The van der Waals surface area contributed by atoms with E-state index in [-0.39, 0.29) is 25.5 Å². The zero-order chi connectivity index (χ0) is 15.7. The Bertz CT molecular complexity index is 564. The van der Waals surface area contributed by atoms with Crippen molar-refractivity contribution in [3.8, 4) is 0 Å². The van der Waals surface area contributed by atoms with Gasteiger partial charge in [-0.1, -0.05) is 5.06 Å². The van der Waals surface area contributed by atoms with E-state index >= 15 is 0 Å². The van der Waals surface area contributed by atoms with Crippen LogP contribution in [0.4, 0.5) is 0 Å². The number of esters is 3. The van der Waals surface area contributed by atoms with Gasteiger partial charge in [0.05, 0.1) is 6.54 Å². The second kappa shape index (κ2) is 6.36. The van der Waals surface area contributed by atoms with Crippen molar-refractivity contribution in [3.05, 3.63) is 24.3 Å². The number of carbonyl (C=O) groups is 4. The SMILES string of the molecule is Cl.O=C1/C=C\C(=O)OC23OC(=O)/C=C\C(=O)ON2CCNC3O1. The Hall–Kier alpha value is -2.43. The van der Waals surface area contributed by atoms with Gasteiger partial charge in [-0.05, 0) is 0 Å². The Labute approximate surface area is 135 Å². The van der Waals surface area contributed by atoms with Crippen molar-refractivity contribution < 1.29 is 38.2 Å². The molecule has 1 N–H and O–H groups in total. The lowest BCUT2D eigenvalue weighted by Gasteiger charge is -2.46. The van der Waals surface area contributed by atoms with E-state index in [2.05, 4.69) is 5.32 Å². The topological polar surface area (TPSA) is 120 Å². The van der Waals surface area contributed by atoms with E-state index in [0.717, 1.165) is 29.4 Å². The van der Waals surface area contributed by atoms with E-state index in [4.69, 9.17) is 19.0 Å². The van der Waals surface area contributed by atoms with Crippen molar-refractivity contribution in [3.63, 3.8) is 0 Å². The van der Waals surface area contributed by atoms with Gasteiger partial charge in [0.1, 0.15) is 0 Å². The van der Waals surface area contributed by atoms with Crippen LogP contribution < -0.4 is 5.32 Å². The van der Waals surface area contributed by atoms with Gasteiger partial charge in [-0.25, -0.2) is 19.2 Å². The summed E-state index contributed by atoms with van der Waals surface area (Å²) in [6.45, 7) is 0.243. The second-order valence-corrected chi connectivity index (χ2v) is 4.42. The van der Waals surface area contributed by atoms with E-state index in [9.17, 15) is 19.2 Å².